The summed E-state index contributed by atoms with van der Waals surface area (Å²) in [4.78, 5) is 12.0. The monoisotopic (exact) mass is 423 g/mol. The first kappa shape index (κ1) is 12.2. The Morgan fingerprint density at radius 1 is 1.20 bits per heavy atom. The Labute approximate surface area is 112 Å². The van der Waals surface area contributed by atoms with Gasteiger partial charge in [0, 0.05) is 49.5 Å². The van der Waals surface area contributed by atoms with Crippen molar-refractivity contribution < 1.29 is 31.1 Å². The van der Waals surface area contributed by atoms with Crippen LogP contribution in [0.5, 0.6) is 0 Å². The topological polar surface area (TPSA) is 50.7 Å². The second-order valence-corrected chi connectivity index (χ2v) is 2.83. The first-order valence-corrected chi connectivity index (χ1v) is 4.24. The molecule has 4 nitrogen and oxygen atoms in total. The number of nitrogens with one attached hydrogen (secondary N) is 1. The summed E-state index contributed by atoms with van der Waals surface area (Å²) in [5, 5.41) is 3.05. The summed E-state index contributed by atoms with van der Waals surface area (Å²) in [5.41, 5.74) is 0.874. The summed E-state index contributed by atoms with van der Waals surface area (Å²) in [7, 11) is 0. The van der Waals surface area contributed by atoms with Crippen molar-refractivity contribution in [1.82, 2.24) is 15.0 Å². The fraction of sp³-hybridized carbons (Fsp3) is 0.100. The third-order valence-electron chi connectivity index (χ3n) is 1.66. The van der Waals surface area contributed by atoms with Gasteiger partial charge >= 0.3 is 0 Å². The van der Waals surface area contributed by atoms with Crippen molar-refractivity contribution in [3.63, 3.8) is 0 Å². The third kappa shape index (κ3) is 3.61. The molecule has 0 saturated carbocycles. The summed E-state index contributed by atoms with van der Waals surface area (Å²) in [6.45, 7) is 1.89. The van der Waals surface area contributed by atoms with Crippen LogP contribution in [0.15, 0.2) is 30.5 Å². The number of rotatable bonds is 2. The second-order valence-electron chi connectivity index (χ2n) is 2.83. The molecule has 0 aromatic carbocycles. The van der Waals surface area contributed by atoms with Crippen LogP contribution < -0.4 is 5.32 Å². The van der Waals surface area contributed by atoms with E-state index in [9.17, 15) is 0 Å². The van der Waals surface area contributed by atoms with E-state index in [1.54, 1.807) is 6.20 Å². The summed E-state index contributed by atoms with van der Waals surface area (Å²) in [5.74, 6) is 1.47. The molecule has 0 atom stereocenters. The minimum atomic E-state index is 0. The Morgan fingerprint density at radius 2 is 2.07 bits per heavy atom. The molecule has 0 amide bonds. The van der Waals surface area contributed by atoms with Gasteiger partial charge in [-0.3, -0.25) is 0 Å². The van der Waals surface area contributed by atoms with E-state index in [1.165, 1.54) is 0 Å². The fourth-order valence-electron chi connectivity index (χ4n) is 1.05. The van der Waals surface area contributed by atoms with Crippen LogP contribution in [0.25, 0.3) is 0 Å². The summed E-state index contributed by atoms with van der Waals surface area (Å²) in [6, 6.07) is 7.48. The van der Waals surface area contributed by atoms with Crippen molar-refractivity contribution in [2.24, 2.45) is 0 Å². The molecule has 0 aliphatic carbocycles. The normalized spacial score (nSPS) is 9.13. The van der Waals surface area contributed by atoms with Gasteiger partial charge in [-0.1, -0.05) is 18.7 Å². The molecular weight excluding hydrogens is 414 g/mol. The summed E-state index contributed by atoms with van der Waals surface area (Å²) >= 11 is 0. The first-order valence-electron chi connectivity index (χ1n) is 4.24. The Balaban J connectivity index is 0.00000112. The Morgan fingerprint density at radius 3 is 2.73 bits per heavy atom. The van der Waals surface area contributed by atoms with Crippen LogP contribution in [-0.2, 0) is 0 Å². The predicted molar refractivity (Wildman–Crippen MR) is 53.1 cm³/mol. The zero-order valence-electron chi connectivity index (χ0n) is 8.23. The number of aromatic nitrogens is 3. The van der Waals surface area contributed by atoms with Crippen molar-refractivity contribution in [3.8, 4) is 0 Å². The Hall–Kier alpha value is -0.918. The molecule has 0 unspecified atom stereocenters. The molecule has 15 heavy (non-hydrogen) atoms. The minimum Gasteiger partial charge on any atom is -0.378 e. The SMILES string of the molecule is Cc1cc(Nc2ccccn2)n[c-]n1.[U]. The van der Waals surface area contributed by atoms with Gasteiger partial charge in [0.1, 0.15) is 5.82 Å². The average molecular weight is 423 g/mol. The molecule has 2 aromatic rings. The molecule has 0 aliphatic heterocycles. The fourth-order valence-corrected chi connectivity index (χ4v) is 1.05. The number of nitrogens with zero attached hydrogens (tertiary/aromatic N) is 3. The number of pyridine rings is 1. The number of aryl methyl sites for hydroxylation is 1. The largest absolute Gasteiger partial charge is 0.378 e. The van der Waals surface area contributed by atoms with E-state index in [0.717, 1.165) is 11.5 Å². The quantitative estimate of drug-likeness (QED) is 0.748. The van der Waals surface area contributed by atoms with Crippen LogP contribution in [0.3, 0.4) is 0 Å². The van der Waals surface area contributed by atoms with Gasteiger partial charge in [0.25, 0.3) is 0 Å². The van der Waals surface area contributed by atoms with Crippen molar-refractivity contribution in [1.29, 1.82) is 0 Å². The second kappa shape index (κ2) is 5.84. The minimum absolute atomic E-state index is 0. The van der Waals surface area contributed by atoms with Crippen molar-refractivity contribution >= 4 is 11.6 Å². The molecule has 1 N–H and O–H groups in total. The summed E-state index contributed by atoms with van der Waals surface area (Å²) < 4.78 is 0. The van der Waals surface area contributed by atoms with E-state index in [1.807, 2.05) is 31.2 Å². The first-order chi connectivity index (χ1) is 6.84. The van der Waals surface area contributed by atoms with Crippen LogP contribution in [0.1, 0.15) is 5.69 Å². The van der Waals surface area contributed by atoms with Crippen LogP contribution in [0, 0.1) is 44.4 Å². The predicted octanol–water partition coefficient (Wildman–Crippen LogP) is 1.72. The molecule has 2 heterocycles. The van der Waals surface area contributed by atoms with E-state index in [-0.39, 0.29) is 31.1 Å². The molecule has 74 valence electrons. The van der Waals surface area contributed by atoms with Crippen LogP contribution >= 0.6 is 0 Å². The molecule has 5 heteroatoms. The average Bonchev–Trinajstić information content (AvgIpc) is 2.19. The van der Waals surface area contributed by atoms with Gasteiger partial charge in [-0.05, 0) is 12.1 Å². The number of anilines is 2. The van der Waals surface area contributed by atoms with E-state index in [2.05, 4.69) is 26.6 Å². The van der Waals surface area contributed by atoms with Gasteiger partial charge in [0.2, 0.25) is 0 Å². The van der Waals surface area contributed by atoms with Gasteiger partial charge in [0.05, 0.1) is 0 Å². The van der Waals surface area contributed by atoms with Crippen LogP contribution in [-0.4, -0.2) is 15.0 Å². The Kier molecular flexibility index (Phi) is 4.73. The van der Waals surface area contributed by atoms with Crippen LogP contribution in [0.2, 0.25) is 0 Å². The van der Waals surface area contributed by atoms with Gasteiger partial charge < -0.3 is 15.3 Å². The van der Waals surface area contributed by atoms with Gasteiger partial charge in [-0.2, -0.15) is 0 Å². The maximum atomic E-state index is 4.12. The maximum Gasteiger partial charge on any atom is 0.120 e. The van der Waals surface area contributed by atoms with Crippen LogP contribution in [0.4, 0.5) is 11.6 Å². The van der Waals surface area contributed by atoms with Gasteiger partial charge in [-0.25, -0.2) is 4.98 Å². The molecule has 0 bridgehead atoms. The molecule has 2 aromatic heterocycles. The Bertz CT molecular complexity index is 419. The molecular formula is C10H9N4U-. The third-order valence-corrected chi connectivity index (χ3v) is 1.66. The molecule has 0 saturated heterocycles. The smallest absolute Gasteiger partial charge is 0.120 e. The number of hydrogen-bond donors (Lipinski definition) is 1. The van der Waals surface area contributed by atoms with E-state index >= 15 is 0 Å². The molecule has 2 rings (SSSR count). The van der Waals surface area contributed by atoms with Crippen molar-refractivity contribution in [3.05, 3.63) is 42.5 Å². The molecule has 0 radical (unpaired) electrons. The molecule has 0 aliphatic rings. The zero-order valence-corrected chi connectivity index (χ0v) is 12.4. The maximum absolute atomic E-state index is 4.12. The van der Waals surface area contributed by atoms with E-state index < -0.39 is 0 Å². The van der Waals surface area contributed by atoms with E-state index in [4.69, 9.17) is 0 Å². The standard InChI is InChI=1S/C10H9N4.U/c1-8-6-10(13-7-12-8)14-9-4-2-3-5-11-9;/h2-6H,1H3,(H,11,12,13,14);/q-1;. The van der Waals surface area contributed by atoms with Crippen molar-refractivity contribution in [2.45, 2.75) is 6.92 Å². The van der Waals surface area contributed by atoms with Gasteiger partial charge in [0.15, 0.2) is 0 Å². The number of hydrogen-bond acceptors (Lipinski definition) is 4. The van der Waals surface area contributed by atoms with Crippen molar-refractivity contribution in [2.75, 3.05) is 5.32 Å². The zero-order chi connectivity index (χ0) is 9.80. The van der Waals surface area contributed by atoms with E-state index in [0.29, 0.717) is 5.82 Å². The molecule has 0 spiro atoms. The van der Waals surface area contributed by atoms with Gasteiger partial charge in [-0.15, -0.1) is 6.07 Å². The summed E-state index contributed by atoms with van der Waals surface area (Å²) in [6.07, 6.45) is 4.28. The molecule has 0 fully saturated rings.